The third kappa shape index (κ3) is 12.6. The van der Waals surface area contributed by atoms with Gasteiger partial charge in [0.25, 0.3) is 0 Å². The molecule has 5 aromatic rings. The number of nitrogens with zero attached hydrogens (tertiary/aromatic N) is 4. The van der Waals surface area contributed by atoms with Crippen LogP contribution in [0.15, 0.2) is 77.8 Å². The summed E-state index contributed by atoms with van der Waals surface area (Å²) in [6, 6.07) is 23.1. The fourth-order valence-electron chi connectivity index (χ4n) is 11.7. The molecule has 9 rings (SSSR count). The molecular weight excluding hydrogens is 1030 g/mol. The molecule has 4 heterocycles. The van der Waals surface area contributed by atoms with Gasteiger partial charge in [-0.1, -0.05) is 67.4 Å². The molecular formula is C57H71ClN6O10S2. The SMILES string of the molecule is C=Nc1cc(CS(=O)N2C3(C)CCC(C(Nc4cccc(-c5sc(C=O)c(OCC=O)c5Cl)c4)C3)C2(C)C)ccc1OCN1CCC(c2ccc(N(C)C(CCC)C(=O)NC=O)c3c(C=O)cccc23)CC1.CO.CO. The molecule has 0 spiro atoms. The minimum absolute atomic E-state index is 0.115. The monoisotopic (exact) mass is 1100 g/mol. The summed E-state index contributed by atoms with van der Waals surface area (Å²) in [6.45, 7) is 14.2. The third-order valence-corrected chi connectivity index (χ3v) is 18.5. The van der Waals surface area contributed by atoms with Gasteiger partial charge in [-0.25, -0.2) is 8.51 Å². The number of thiophene rings is 1. The number of aliphatic imine (C=N–C) groups is 1. The molecule has 4 aromatic carbocycles. The summed E-state index contributed by atoms with van der Waals surface area (Å²) >= 11 is 7.92. The van der Waals surface area contributed by atoms with Gasteiger partial charge >= 0.3 is 0 Å². The first-order valence-corrected chi connectivity index (χ1v) is 27.9. The number of aldehydes is 3. The highest BCUT2D eigenvalue weighted by molar-refractivity contribution is 7.81. The Balaban J connectivity index is 0.00000229. The highest BCUT2D eigenvalue weighted by Crippen LogP contribution is 2.54. The lowest BCUT2D eigenvalue weighted by Crippen LogP contribution is -2.72. The number of rotatable bonds is 22. The first kappa shape index (κ1) is 59.4. The number of ether oxygens (including phenoxy) is 2. The molecule has 5 unspecified atom stereocenters. The van der Waals surface area contributed by atoms with Crippen molar-refractivity contribution in [1.82, 2.24) is 14.5 Å². The maximum atomic E-state index is 14.6. The normalized spacial score (nSPS) is 19.9. The maximum absolute atomic E-state index is 14.6. The highest BCUT2D eigenvalue weighted by Gasteiger charge is 2.59. The van der Waals surface area contributed by atoms with Crippen LogP contribution in [0.5, 0.6) is 11.5 Å². The van der Waals surface area contributed by atoms with Crippen molar-refractivity contribution in [2.45, 2.75) is 107 Å². The summed E-state index contributed by atoms with van der Waals surface area (Å²) in [7, 11) is 2.48. The van der Waals surface area contributed by atoms with E-state index in [9.17, 15) is 28.2 Å². The Kier molecular flexibility index (Phi) is 21.1. The second-order valence-electron chi connectivity index (χ2n) is 19.9. The molecule has 3 aliphatic heterocycles. The van der Waals surface area contributed by atoms with Gasteiger partial charge in [0.15, 0.2) is 24.6 Å². The zero-order valence-corrected chi connectivity index (χ0v) is 46.8. The van der Waals surface area contributed by atoms with Gasteiger partial charge in [0.1, 0.15) is 40.7 Å². The molecule has 4 N–H and O–H groups in total. The Morgan fingerprint density at radius 1 is 0.987 bits per heavy atom. The van der Waals surface area contributed by atoms with Crippen molar-refractivity contribution in [3.8, 4) is 21.9 Å². The number of fused-ring (bicyclic) bond motifs is 4. The van der Waals surface area contributed by atoms with Crippen LogP contribution < -0.4 is 25.0 Å². The quantitative estimate of drug-likeness (QED) is 0.0377. The van der Waals surface area contributed by atoms with E-state index in [1.807, 2.05) is 79.5 Å². The van der Waals surface area contributed by atoms with Crippen LogP contribution in [0.2, 0.25) is 5.02 Å². The Labute approximate surface area is 457 Å². The molecule has 3 saturated heterocycles. The standard InChI is InChI=1S/C55H63ClN6O8S2.2CH4O/c1-7-10-46(53(67)58-33-66)60(6)45-17-16-40(41-14-9-12-38(30-64)49(41)45)36-20-23-61(24-21-36)34-70-47-18-15-35(27-43(47)57-5)32-72(68)62-54(2,3)42-19-22-55(62,4)29-44(42)59-39-13-8-11-37(28-39)52-50(56)51(69-26-25-63)48(31-65)71-52;2*1-2/h8-9,11-18,25,27-28,30-31,33,36,42,44,46,59H,5,7,10,19-24,26,29,32,34H2,1-4,6H3,(H,58,66,67);2*2H,1H3. The van der Waals surface area contributed by atoms with E-state index < -0.39 is 22.6 Å². The van der Waals surface area contributed by atoms with Gasteiger partial charge in [0.05, 0.1) is 21.6 Å². The predicted octanol–water partition coefficient (Wildman–Crippen LogP) is 9.36. The number of benzene rings is 4. The molecule has 2 amide bonds. The van der Waals surface area contributed by atoms with Crippen molar-refractivity contribution in [3.05, 3.63) is 99.4 Å². The van der Waals surface area contributed by atoms with E-state index in [1.165, 1.54) is 11.3 Å². The van der Waals surface area contributed by atoms with Crippen LogP contribution in [0, 0.1) is 5.92 Å². The Bertz CT molecular complexity index is 2890. The van der Waals surface area contributed by atoms with E-state index in [4.69, 9.17) is 31.3 Å². The summed E-state index contributed by atoms with van der Waals surface area (Å²) in [4.78, 5) is 68.8. The van der Waals surface area contributed by atoms with Crippen LogP contribution in [-0.2, 0) is 31.1 Å². The third-order valence-electron chi connectivity index (χ3n) is 15.0. The van der Waals surface area contributed by atoms with Crippen LogP contribution in [0.1, 0.15) is 110 Å². The first-order chi connectivity index (χ1) is 36.7. The van der Waals surface area contributed by atoms with E-state index >= 15 is 0 Å². The number of imide groups is 1. The molecule has 5 atom stereocenters. The molecule has 4 fully saturated rings. The van der Waals surface area contributed by atoms with Crippen LogP contribution in [0.4, 0.5) is 17.1 Å². The lowest BCUT2D eigenvalue weighted by atomic mass is 9.61. The molecule has 4 aliphatic rings. The van der Waals surface area contributed by atoms with E-state index in [-0.39, 0.29) is 41.7 Å². The Morgan fingerprint density at radius 2 is 1.72 bits per heavy atom. The Hall–Kier alpha value is -5.86. The largest absolute Gasteiger partial charge is 0.483 e. The van der Waals surface area contributed by atoms with E-state index in [2.05, 4.69) is 58.4 Å². The number of halogens is 1. The van der Waals surface area contributed by atoms with Gasteiger partial charge in [-0.15, -0.1) is 11.3 Å². The summed E-state index contributed by atoms with van der Waals surface area (Å²) in [5.74, 6) is 1.21. The average Bonchev–Trinajstić information content (AvgIpc) is 3.78. The maximum Gasteiger partial charge on any atom is 0.249 e. The van der Waals surface area contributed by atoms with Gasteiger partial charge in [-0.05, 0) is 130 Å². The van der Waals surface area contributed by atoms with E-state index in [0.29, 0.717) is 69.7 Å². The van der Waals surface area contributed by atoms with E-state index in [1.54, 1.807) is 6.07 Å². The molecule has 0 radical (unpaired) electrons. The lowest BCUT2D eigenvalue weighted by Gasteiger charge is -2.64. The van der Waals surface area contributed by atoms with Gasteiger partial charge in [-0.3, -0.25) is 39.2 Å². The van der Waals surface area contributed by atoms with Crippen LogP contribution in [0.3, 0.4) is 0 Å². The molecule has 1 aliphatic carbocycles. The zero-order chi connectivity index (χ0) is 55.3. The molecule has 76 heavy (non-hydrogen) atoms. The molecule has 2 bridgehead atoms. The van der Waals surface area contributed by atoms with Crippen molar-refractivity contribution in [1.29, 1.82) is 0 Å². The van der Waals surface area contributed by atoms with Crippen LogP contribution in [-0.4, -0.2) is 132 Å². The predicted molar refractivity (Wildman–Crippen MR) is 304 cm³/mol. The number of likely N-dealkylation sites (tertiary alicyclic amines) is 1. The molecule has 1 aromatic heterocycles. The molecule has 19 heteroatoms. The zero-order valence-electron chi connectivity index (χ0n) is 44.4. The van der Waals surface area contributed by atoms with Gasteiger partial charge in [0, 0.05) is 73.8 Å². The number of amides is 2. The van der Waals surface area contributed by atoms with Crippen molar-refractivity contribution < 1.29 is 47.9 Å². The summed E-state index contributed by atoms with van der Waals surface area (Å²) in [6.07, 6.45) is 8.33. The minimum atomic E-state index is -1.36. The second kappa shape index (κ2) is 27.0. The van der Waals surface area contributed by atoms with Crippen molar-refractivity contribution in [3.63, 3.8) is 0 Å². The number of anilines is 2. The fourth-order valence-corrected chi connectivity index (χ4v) is 15.0. The smallest absolute Gasteiger partial charge is 0.249 e. The van der Waals surface area contributed by atoms with Crippen molar-refractivity contribution >= 4 is 99.7 Å². The van der Waals surface area contributed by atoms with Crippen molar-refractivity contribution in [2.24, 2.45) is 10.9 Å². The number of aliphatic hydroxyl groups excluding tert-OH is 2. The molecule has 408 valence electrons. The van der Waals surface area contributed by atoms with E-state index in [0.717, 1.165) is 111 Å². The number of hydrogen-bond donors (Lipinski definition) is 4. The number of aliphatic hydroxyl groups is 2. The average molecular weight is 1100 g/mol. The Morgan fingerprint density at radius 3 is 2.38 bits per heavy atom. The number of piperidine rings is 3. The fraction of sp³-hybridized carbons (Fsp3) is 0.439. The molecule has 16 nitrogen and oxygen atoms in total. The topological polar surface area (TPSA) is 207 Å². The summed E-state index contributed by atoms with van der Waals surface area (Å²) < 4.78 is 28.7. The number of carbonyl (C=O) groups is 5. The second-order valence-corrected chi connectivity index (χ2v) is 22.6. The summed E-state index contributed by atoms with van der Waals surface area (Å²) in [5, 5.41) is 22.2. The first-order valence-electron chi connectivity index (χ1n) is 25.4. The van der Waals surface area contributed by atoms with Gasteiger partial charge < -0.3 is 29.9 Å². The van der Waals surface area contributed by atoms with Gasteiger partial charge in [0.2, 0.25) is 12.3 Å². The summed E-state index contributed by atoms with van der Waals surface area (Å²) in [5.41, 5.74) is 4.97. The molecule has 1 saturated carbocycles. The lowest BCUT2D eigenvalue weighted by molar-refractivity contribution is -0.126. The highest BCUT2D eigenvalue weighted by atomic mass is 35.5. The number of nitrogens with one attached hydrogen (secondary N) is 2. The van der Waals surface area contributed by atoms with Crippen LogP contribution >= 0.6 is 22.9 Å². The number of likely N-dealkylation sites (N-methyl/N-ethyl adjacent to an activating group) is 1. The van der Waals surface area contributed by atoms with Gasteiger partial charge in [-0.2, -0.15) is 0 Å². The van der Waals surface area contributed by atoms with Crippen LogP contribution in [0.25, 0.3) is 21.2 Å². The van der Waals surface area contributed by atoms with Crippen molar-refractivity contribution in [2.75, 3.05) is 57.9 Å². The minimum Gasteiger partial charge on any atom is -0.483 e. The number of carbonyl (C=O) groups excluding carboxylic acids is 5. The number of hydrogen-bond acceptors (Lipinski definition) is 15.